The summed E-state index contributed by atoms with van der Waals surface area (Å²) < 4.78 is 5.77. The number of aromatic nitrogens is 1. The zero-order valence-electron chi connectivity index (χ0n) is 15.0. The van der Waals surface area contributed by atoms with Gasteiger partial charge >= 0.3 is 0 Å². The molecule has 1 fully saturated rings. The van der Waals surface area contributed by atoms with E-state index in [0.29, 0.717) is 12.4 Å². The topological polar surface area (TPSA) is 65.7 Å². The smallest absolute Gasteiger partial charge is 0.213 e. The molecule has 1 aromatic rings. The number of oxazole rings is 1. The Morgan fingerprint density at radius 2 is 2.04 bits per heavy atom. The summed E-state index contributed by atoms with van der Waals surface area (Å²) in [5, 5.41) is 6.59. The molecule has 0 aliphatic carbocycles. The van der Waals surface area contributed by atoms with Crippen LogP contribution in [0.15, 0.2) is 15.6 Å². The lowest BCUT2D eigenvalue weighted by atomic mass is 9.94. The average Bonchev–Trinajstić information content (AvgIpc) is 3.17. The summed E-state index contributed by atoms with van der Waals surface area (Å²) in [5.74, 6) is 2.39. The molecule has 2 rings (SSSR count). The minimum atomic E-state index is -0.0131. The SMILES string of the molecule is CN=C(NCCCN1CCCC1)NCc1ncc(C(C)(C)C)o1. The van der Waals surface area contributed by atoms with Gasteiger partial charge in [0.25, 0.3) is 0 Å². The number of aliphatic imine (C=N–C) groups is 1. The molecule has 130 valence electrons. The van der Waals surface area contributed by atoms with E-state index in [-0.39, 0.29) is 5.41 Å². The van der Waals surface area contributed by atoms with Crippen LogP contribution in [0.1, 0.15) is 51.7 Å². The van der Waals surface area contributed by atoms with Crippen molar-refractivity contribution in [3.05, 3.63) is 17.8 Å². The molecule has 6 heteroatoms. The monoisotopic (exact) mass is 321 g/mol. The lowest BCUT2D eigenvalue weighted by Crippen LogP contribution is -2.38. The standard InChI is InChI=1S/C17H31N5O/c1-17(2,3)14-12-20-15(23-14)13-21-16(18-4)19-8-7-11-22-9-5-6-10-22/h12H,5-11,13H2,1-4H3,(H2,18,19,21). The lowest BCUT2D eigenvalue weighted by Gasteiger charge is -2.15. The van der Waals surface area contributed by atoms with Crippen LogP contribution in [0.4, 0.5) is 0 Å². The molecule has 2 N–H and O–H groups in total. The van der Waals surface area contributed by atoms with Crippen LogP contribution in [-0.2, 0) is 12.0 Å². The van der Waals surface area contributed by atoms with Crippen LogP contribution in [0.25, 0.3) is 0 Å². The molecule has 23 heavy (non-hydrogen) atoms. The number of hydrogen-bond acceptors (Lipinski definition) is 4. The first kappa shape index (κ1) is 17.8. The highest BCUT2D eigenvalue weighted by Gasteiger charge is 2.19. The summed E-state index contributed by atoms with van der Waals surface area (Å²) in [5.41, 5.74) is -0.0131. The summed E-state index contributed by atoms with van der Waals surface area (Å²) >= 11 is 0. The Morgan fingerprint density at radius 3 is 2.65 bits per heavy atom. The maximum atomic E-state index is 5.77. The van der Waals surface area contributed by atoms with Gasteiger partial charge in [0.05, 0.1) is 12.7 Å². The van der Waals surface area contributed by atoms with E-state index in [1.165, 1.54) is 32.5 Å². The van der Waals surface area contributed by atoms with E-state index in [0.717, 1.165) is 24.7 Å². The largest absolute Gasteiger partial charge is 0.443 e. The molecule has 1 aliphatic heterocycles. The second kappa shape index (κ2) is 8.34. The van der Waals surface area contributed by atoms with Crippen LogP contribution in [-0.4, -0.2) is 49.1 Å². The Labute approximate surface area is 139 Å². The summed E-state index contributed by atoms with van der Waals surface area (Å²) in [6, 6.07) is 0. The molecular weight excluding hydrogens is 290 g/mol. The predicted molar refractivity (Wildman–Crippen MR) is 93.7 cm³/mol. The molecule has 0 radical (unpaired) electrons. The fourth-order valence-electron chi connectivity index (χ4n) is 2.63. The second-order valence-electron chi connectivity index (χ2n) is 7.12. The molecule has 0 atom stereocenters. The molecule has 1 aromatic heterocycles. The third kappa shape index (κ3) is 5.86. The third-order valence-corrected chi connectivity index (χ3v) is 4.07. The van der Waals surface area contributed by atoms with Crippen LogP contribution in [0, 0.1) is 0 Å². The van der Waals surface area contributed by atoms with Gasteiger partial charge in [-0.3, -0.25) is 4.99 Å². The molecule has 0 aromatic carbocycles. The summed E-state index contributed by atoms with van der Waals surface area (Å²) in [6.07, 6.45) is 5.64. The highest BCUT2D eigenvalue weighted by Crippen LogP contribution is 2.22. The molecule has 2 heterocycles. The van der Waals surface area contributed by atoms with Crippen LogP contribution < -0.4 is 10.6 Å². The van der Waals surface area contributed by atoms with E-state index in [1.807, 2.05) is 6.20 Å². The Morgan fingerprint density at radius 1 is 1.30 bits per heavy atom. The average molecular weight is 321 g/mol. The van der Waals surface area contributed by atoms with Gasteiger partial charge < -0.3 is 20.0 Å². The number of guanidine groups is 1. The van der Waals surface area contributed by atoms with Gasteiger partial charge in [-0.25, -0.2) is 4.98 Å². The van der Waals surface area contributed by atoms with E-state index in [2.05, 4.69) is 46.3 Å². The van der Waals surface area contributed by atoms with Crippen molar-refractivity contribution in [1.29, 1.82) is 0 Å². The van der Waals surface area contributed by atoms with Crippen LogP contribution in [0.3, 0.4) is 0 Å². The first-order valence-electron chi connectivity index (χ1n) is 8.61. The maximum absolute atomic E-state index is 5.77. The molecule has 0 amide bonds. The first-order chi connectivity index (χ1) is 11.0. The lowest BCUT2D eigenvalue weighted by molar-refractivity contribution is 0.334. The normalized spacial score (nSPS) is 16.8. The van der Waals surface area contributed by atoms with Gasteiger partial charge in [-0.1, -0.05) is 20.8 Å². The van der Waals surface area contributed by atoms with Crippen LogP contribution >= 0.6 is 0 Å². The summed E-state index contributed by atoms with van der Waals surface area (Å²) in [4.78, 5) is 11.1. The Bertz CT molecular complexity index is 497. The molecule has 0 spiro atoms. The summed E-state index contributed by atoms with van der Waals surface area (Å²) in [7, 11) is 1.78. The molecule has 0 saturated carbocycles. The fraction of sp³-hybridized carbons (Fsp3) is 0.765. The van der Waals surface area contributed by atoms with E-state index in [1.54, 1.807) is 7.05 Å². The van der Waals surface area contributed by atoms with Gasteiger partial charge in [0.15, 0.2) is 5.96 Å². The number of nitrogens with one attached hydrogen (secondary N) is 2. The molecule has 1 aliphatic rings. The Balaban J connectivity index is 1.67. The van der Waals surface area contributed by atoms with Gasteiger partial charge in [-0.15, -0.1) is 0 Å². The fourth-order valence-corrected chi connectivity index (χ4v) is 2.63. The van der Waals surface area contributed by atoms with Crippen molar-refractivity contribution in [3.8, 4) is 0 Å². The first-order valence-corrected chi connectivity index (χ1v) is 8.61. The molecule has 6 nitrogen and oxygen atoms in total. The van der Waals surface area contributed by atoms with Gasteiger partial charge in [0, 0.05) is 19.0 Å². The molecular formula is C17H31N5O. The zero-order valence-corrected chi connectivity index (χ0v) is 15.0. The number of hydrogen-bond donors (Lipinski definition) is 2. The van der Waals surface area contributed by atoms with E-state index in [4.69, 9.17) is 4.42 Å². The van der Waals surface area contributed by atoms with Gasteiger partial charge in [-0.05, 0) is 38.9 Å². The molecule has 0 unspecified atom stereocenters. The number of rotatable bonds is 6. The summed E-state index contributed by atoms with van der Waals surface area (Å²) in [6.45, 7) is 11.5. The van der Waals surface area contributed by atoms with Crippen molar-refractivity contribution in [2.45, 2.75) is 52.0 Å². The van der Waals surface area contributed by atoms with Crippen molar-refractivity contribution < 1.29 is 4.42 Å². The highest BCUT2D eigenvalue weighted by atomic mass is 16.4. The van der Waals surface area contributed by atoms with Crippen molar-refractivity contribution >= 4 is 5.96 Å². The van der Waals surface area contributed by atoms with Crippen LogP contribution in [0.5, 0.6) is 0 Å². The van der Waals surface area contributed by atoms with E-state index < -0.39 is 0 Å². The minimum absolute atomic E-state index is 0.0131. The van der Waals surface area contributed by atoms with Gasteiger partial charge in [-0.2, -0.15) is 0 Å². The Hall–Kier alpha value is -1.56. The third-order valence-electron chi connectivity index (χ3n) is 4.07. The second-order valence-corrected chi connectivity index (χ2v) is 7.12. The van der Waals surface area contributed by atoms with E-state index in [9.17, 15) is 0 Å². The molecule has 1 saturated heterocycles. The van der Waals surface area contributed by atoms with Crippen LogP contribution in [0.2, 0.25) is 0 Å². The van der Waals surface area contributed by atoms with Gasteiger partial charge in [0.2, 0.25) is 5.89 Å². The quantitative estimate of drug-likeness (QED) is 0.477. The Kier molecular flexibility index (Phi) is 6.45. The van der Waals surface area contributed by atoms with Gasteiger partial charge in [0.1, 0.15) is 5.76 Å². The molecule has 0 bridgehead atoms. The van der Waals surface area contributed by atoms with Crippen molar-refractivity contribution in [2.24, 2.45) is 4.99 Å². The van der Waals surface area contributed by atoms with Crippen molar-refractivity contribution in [3.63, 3.8) is 0 Å². The zero-order chi connectivity index (χ0) is 16.7. The van der Waals surface area contributed by atoms with Crippen molar-refractivity contribution in [2.75, 3.05) is 33.2 Å². The number of likely N-dealkylation sites (tertiary alicyclic amines) is 1. The number of nitrogens with zero attached hydrogens (tertiary/aromatic N) is 3. The van der Waals surface area contributed by atoms with E-state index >= 15 is 0 Å². The predicted octanol–water partition coefficient (Wildman–Crippen LogP) is 2.12. The highest BCUT2D eigenvalue weighted by molar-refractivity contribution is 5.79. The van der Waals surface area contributed by atoms with Crippen molar-refractivity contribution in [1.82, 2.24) is 20.5 Å². The maximum Gasteiger partial charge on any atom is 0.213 e. The minimum Gasteiger partial charge on any atom is -0.443 e.